The molecular weight excluding hydrogens is 248 g/mol. The van der Waals surface area contributed by atoms with E-state index >= 15 is 0 Å². The molecule has 0 amide bonds. The summed E-state index contributed by atoms with van der Waals surface area (Å²) in [6, 6.07) is 8.80. The molecule has 0 aliphatic carbocycles. The van der Waals surface area contributed by atoms with Crippen LogP contribution in [0.5, 0.6) is 0 Å². The summed E-state index contributed by atoms with van der Waals surface area (Å²) in [5.41, 5.74) is 4.90. The monoisotopic (exact) mass is 268 g/mol. The molecule has 1 aromatic heterocycles. The highest BCUT2D eigenvalue weighted by Crippen LogP contribution is 2.22. The second-order valence-corrected chi connectivity index (χ2v) is 5.31. The third-order valence-electron chi connectivity index (χ3n) is 3.81. The van der Waals surface area contributed by atoms with E-state index in [2.05, 4.69) is 51.6 Å². The third-order valence-corrected chi connectivity index (χ3v) is 3.81. The second kappa shape index (κ2) is 6.11. The number of nitrogens with one attached hydrogen (secondary N) is 1. The van der Waals surface area contributed by atoms with E-state index < -0.39 is 0 Å². The van der Waals surface area contributed by atoms with Crippen LogP contribution in [0.25, 0.3) is 11.1 Å². The number of aromatic nitrogens is 2. The molecule has 0 saturated carbocycles. The van der Waals surface area contributed by atoms with Gasteiger partial charge in [-0.1, -0.05) is 24.3 Å². The lowest BCUT2D eigenvalue weighted by atomic mass is 10.0. The fourth-order valence-corrected chi connectivity index (χ4v) is 2.60. The van der Waals surface area contributed by atoms with Crippen molar-refractivity contribution in [3.05, 3.63) is 47.8 Å². The minimum Gasteiger partial charge on any atom is -0.314 e. The molecule has 2 heterocycles. The number of piperazine rings is 1. The van der Waals surface area contributed by atoms with Crippen LogP contribution in [0.2, 0.25) is 0 Å². The molecule has 0 radical (unpaired) electrons. The van der Waals surface area contributed by atoms with Crippen LogP contribution in [-0.2, 0) is 6.54 Å². The maximum Gasteiger partial charge on any atom is 0.0577 e. The van der Waals surface area contributed by atoms with Crippen LogP contribution in [0, 0.1) is 6.92 Å². The Kier molecular flexibility index (Phi) is 4.04. The molecule has 0 bridgehead atoms. The van der Waals surface area contributed by atoms with Crippen LogP contribution >= 0.6 is 0 Å². The summed E-state index contributed by atoms with van der Waals surface area (Å²) in [4.78, 5) is 2.49. The highest BCUT2D eigenvalue weighted by molar-refractivity contribution is 5.65. The molecule has 0 atom stereocenters. The Morgan fingerprint density at radius 3 is 2.45 bits per heavy atom. The normalized spacial score (nSPS) is 16.2. The lowest BCUT2D eigenvalue weighted by Crippen LogP contribution is -2.42. The van der Waals surface area contributed by atoms with E-state index in [0.717, 1.165) is 43.9 Å². The van der Waals surface area contributed by atoms with Crippen LogP contribution in [0.4, 0.5) is 0 Å². The van der Waals surface area contributed by atoms with Crippen molar-refractivity contribution in [2.45, 2.75) is 13.5 Å². The molecule has 1 aromatic carbocycles. The zero-order valence-corrected chi connectivity index (χ0v) is 11.8. The molecule has 4 heteroatoms. The molecule has 1 aliphatic rings. The first kappa shape index (κ1) is 13.2. The van der Waals surface area contributed by atoms with E-state index in [0.29, 0.717) is 0 Å². The van der Waals surface area contributed by atoms with E-state index in [9.17, 15) is 0 Å². The smallest absolute Gasteiger partial charge is 0.0577 e. The zero-order chi connectivity index (χ0) is 13.8. The van der Waals surface area contributed by atoms with E-state index in [-0.39, 0.29) is 0 Å². The summed E-state index contributed by atoms with van der Waals surface area (Å²) in [6.45, 7) is 7.57. The second-order valence-electron chi connectivity index (χ2n) is 5.31. The summed E-state index contributed by atoms with van der Waals surface area (Å²) in [6.07, 6.45) is 3.64. The van der Waals surface area contributed by atoms with Gasteiger partial charge in [0.25, 0.3) is 0 Å². The molecule has 4 nitrogen and oxygen atoms in total. The lowest BCUT2D eigenvalue weighted by molar-refractivity contribution is 0.233. The van der Waals surface area contributed by atoms with Gasteiger partial charge in [0.2, 0.25) is 0 Å². The van der Waals surface area contributed by atoms with Gasteiger partial charge >= 0.3 is 0 Å². The average molecular weight is 268 g/mol. The summed E-state index contributed by atoms with van der Waals surface area (Å²) < 4.78 is 0. The summed E-state index contributed by atoms with van der Waals surface area (Å²) >= 11 is 0. The molecular formula is C16H20N4. The predicted molar refractivity (Wildman–Crippen MR) is 80.4 cm³/mol. The number of rotatable bonds is 3. The molecule has 0 unspecified atom stereocenters. The number of hydrogen-bond acceptors (Lipinski definition) is 4. The van der Waals surface area contributed by atoms with Crippen molar-refractivity contribution in [3.63, 3.8) is 0 Å². The molecule has 1 saturated heterocycles. The highest BCUT2D eigenvalue weighted by atomic mass is 15.2. The van der Waals surface area contributed by atoms with Crippen LogP contribution in [0.1, 0.15) is 11.1 Å². The van der Waals surface area contributed by atoms with Gasteiger partial charge in [0.15, 0.2) is 0 Å². The fraction of sp³-hybridized carbons (Fsp3) is 0.375. The van der Waals surface area contributed by atoms with Gasteiger partial charge in [0.1, 0.15) is 0 Å². The quantitative estimate of drug-likeness (QED) is 0.922. The Hall–Kier alpha value is -1.78. The fourth-order valence-electron chi connectivity index (χ4n) is 2.60. The van der Waals surface area contributed by atoms with Gasteiger partial charge in [-0.3, -0.25) is 4.90 Å². The minimum absolute atomic E-state index is 1.04. The van der Waals surface area contributed by atoms with Crippen LogP contribution in [0.15, 0.2) is 36.7 Å². The topological polar surface area (TPSA) is 41.1 Å². The van der Waals surface area contributed by atoms with Crippen molar-refractivity contribution in [3.8, 4) is 11.1 Å². The Bertz CT molecular complexity index is 559. The van der Waals surface area contributed by atoms with Crippen molar-refractivity contribution in [1.82, 2.24) is 20.4 Å². The molecule has 20 heavy (non-hydrogen) atoms. The summed E-state index contributed by atoms with van der Waals surface area (Å²) in [5.74, 6) is 0. The molecule has 1 fully saturated rings. The van der Waals surface area contributed by atoms with Crippen molar-refractivity contribution in [2.75, 3.05) is 26.2 Å². The molecule has 3 rings (SSSR count). The first-order valence-corrected chi connectivity index (χ1v) is 7.12. The van der Waals surface area contributed by atoms with E-state index in [1.54, 1.807) is 0 Å². The van der Waals surface area contributed by atoms with Gasteiger partial charge in [-0.25, -0.2) is 0 Å². The molecule has 1 aliphatic heterocycles. The lowest BCUT2D eigenvalue weighted by Gasteiger charge is -2.27. The van der Waals surface area contributed by atoms with Crippen molar-refractivity contribution < 1.29 is 0 Å². The Morgan fingerprint density at radius 2 is 1.75 bits per heavy atom. The number of benzene rings is 1. The van der Waals surface area contributed by atoms with E-state index in [4.69, 9.17) is 0 Å². The summed E-state index contributed by atoms with van der Waals surface area (Å²) in [7, 11) is 0. The van der Waals surface area contributed by atoms with Gasteiger partial charge < -0.3 is 5.32 Å². The molecule has 104 valence electrons. The Balaban J connectivity index is 1.73. The molecule has 0 spiro atoms. The van der Waals surface area contributed by atoms with Crippen LogP contribution < -0.4 is 5.32 Å². The molecule has 1 N–H and O–H groups in total. The van der Waals surface area contributed by atoms with Crippen LogP contribution in [0.3, 0.4) is 0 Å². The minimum atomic E-state index is 1.04. The SMILES string of the molecule is Cc1cnncc1-c1ccc(CN2CCNCC2)cc1. The van der Waals surface area contributed by atoms with Crippen molar-refractivity contribution >= 4 is 0 Å². The number of aryl methyl sites for hydroxylation is 1. The van der Waals surface area contributed by atoms with E-state index in [1.807, 2.05) is 12.4 Å². The highest BCUT2D eigenvalue weighted by Gasteiger charge is 2.10. The first-order valence-electron chi connectivity index (χ1n) is 7.12. The van der Waals surface area contributed by atoms with Gasteiger partial charge in [-0.05, 0) is 23.6 Å². The summed E-state index contributed by atoms with van der Waals surface area (Å²) in [5, 5.41) is 11.3. The van der Waals surface area contributed by atoms with Crippen molar-refractivity contribution in [1.29, 1.82) is 0 Å². The Labute approximate surface area is 119 Å². The number of nitrogens with zero attached hydrogens (tertiary/aromatic N) is 3. The van der Waals surface area contributed by atoms with E-state index in [1.165, 1.54) is 11.1 Å². The van der Waals surface area contributed by atoms with Gasteiger partial charge in [-0.2, -0.15) is 10.2 Å². The molecule has 2 aromatic rings. The largest absolute Gasteiger partial charge is 0.314 e. The first-order chi connectivity index (χ1) is 9.83. The average Bonchev–Trinajstić information content (AvgIpc) is 2.50. The van der Waals surface area contributed by atoms with Gasteiger partial charge in [-0.15, -0.1) is 0 Å². The Morgan fingerprint density at radius 1 is 1.05 bits per heavy atom. The maximum absolute atomic E-state index is 3.97. The maximum atomic E-state index is 3.97. The standard InChI is InChI=1S/C16H20N4/c1-13-10-18-19-11-16(13)15-4-2-14(3-5-15)12-20-8-6-17-7-9-20/h2-5,10-11,17H,6-9,12H2,1H3. The van der Waals surface area contributed by atoms with Crippen molar-refractivity contribution in [2.24, 2.45) is 0 Å². The number of hydrogen-bond donors (Lipinski definition) is 1. The van der Waals surface area contributed by atoms with Crippen LogP contribution in [-0.4, -0.2) is 41.3 Å². The predicted octanol–water partition coefficient (Wildman–Crippen LogP) is 1.86. The zero-order valence-electron chi connectivity index (χ0n) is 11.8. The third kappa shape index (κ3) is 3.03. The van der Waals surface area contributed by atoms with Gasteiger partial charge in [0.05, 0.1) is 12.4 Å². The van der Waals surface area contributed by atoms with Gasteiger partial charge in [0, 0.05) is 38.3 Å².